The minimum atomic E-state index is -1.43. The standard InChI is InChI=1S/C47H42N6O13/c1-24(18-25-6-11-31(54)12-7-25)37(55)19-26-4-8-27(9-5-26)38(56)22-29(20-30-23-48-53-52-30)45(61)49-34-15-10-28(21-39(34)57)44(60)50-35-16-13-32(40(58)42(35)65-2)46(62)51-36-17-14-33(47(63)64)41(59)43(36)66-3/h4-18,21,23,29,54,57-59H,19-20,22H2,1-3H3,(H,49,61)(H,50,60)(H,51,62)(H,63,64)(H,48,52,53)/b24-18+/t29-/m1/s1. The first-order valence-electron chi connectivity index (χ1n) is 19.8. The van der Waals surface area contributed by atoms with E-state index in [9.17, 15) is 54.3 Å². The number of aromatic nitrogens is 3. The van der Waals surface area contributed by atoms with Crippen LogP contribution in [0.15, 0.2) is 103 Å². The molecule has 5 aromatic carbocycles. The molecule has 0 saturated heterocycles. The van der Waals surface area contributed by atoms with Gasteiger partial charge in [0.25, 0.3) is 11.8 Å². The number of anilines is 3. The van der Waals surface area contributed by atoms with Gasteiger partial charge in [0.1, 0.15) is 17.1 Å². The summed E-state index contributed by atoms with van der Waals surface area (Å²) >= 11 is 0. The number of phenolic OH excluding ortho intramolecular Hbond substituents is 3. The minimum Gasteiger partial charge on any atom is -0.508 e. The first-order chi connectivity index (χ1) is 31.6. The first-order valence-corrected chi connectivity index (χ1v) is 19.8. The molecule has 0 aliphatic carbocycles. The van der Waals surface area contributed by atoms with E-state index in [2.05, 4.69) is 31.4 Å². The normalized spacial score (nSPS) is 11.5. The van der Waals surface area contributed by atoms with E-state index in [1.165, 1.54) is 49.7 Å². The zero-order valence-corrected chi connectivity index (χ0v) is 35.4. The number of nitrogens with zero attached hydrogens (tertiary/aromatic N) is 2. The van der Waals surface area contributed by atoms with Gasteiger partial charge in [-0.15, -0.1) is 0 Å². The van der Waals surface area contributed by atoms with Crippen LogP contribution < -0.4 is 25.4 Å². The smallest absolute Gasteiger partial charge is 0.339 e. The Kier molecular flexibility index (Phi) is 14.4. The van der Waals surface area contributed by atoms with Crippen LogP contribution in [0.25, 0.3) is 6.08 Å². The Hall–Kier alpha value is -9.00. The Morgan fingerprint density at radius 3 is 1.89 bits per heavy atom. The summed E-state index contributed by atoms with van der Waals surface area (Å²) in [5.74, 6) is -7.73. The number of rotatable bonds is 18. The predicted octanol–water partition coefficient (Wildman–Crippen LogP) is 6.13. The number of hydrogen-bond donors (Lipinski definition) is 9. The molecule has 9 N–H and O–H groups in total. The number of H-pyrrole nitrogens is 1. The van der Waals surface area contributed by atoms with Crippen LogP contribution in [0.5, 0.6) is 34.5 Å². The van der Waals surface area contributed by atoms with Gasteiger partial charge < -0.3 is 51.0 Å². The molecular weight excluding hydrogens is 857 g/mol. The van der Waals surface area contributed by atoms with Gasteiger partial charge in [0.15, 0.2) is 34.6 Å². The maximum atomic E-state index is 13.7. The van der Waals surface area contributed by atoms with Gasteiger partial charge in [-0.25, -0.2) is 4.79 Å². The van der Waals surface area contributed by atoms with Crippen LogP contribution in [0.3, 0.4) is 0 Å². The van der Waals surface area contributed by atoms with E-state index in [1.54, 1.807) is 49.4 Å². The highest BCUT2D eigenvalue weighted by Gasteiger charge is 2.27. The fourth-order valence-electron chi connectivity index (χ4n) is 6.72. The summed E-state index contributed by atoms with van der Waals surface area (Å²) in [6.07, 6.45) is 2.95. The predicted molar refractivity (Wildman–Crippen MR) is 238 cm³/mol. The van der Waals surface area contributed by atoms with E-state index in [0.717, 1.165) is 30.9 Å². The second kappa shape index (κ2) is 20.5. The molecule has 0 aliphatic heterocycles. The van der Waals surface area contributed by atoms with Gasteiger partial charge in [0.05, 0.1) is 54.7 Å². The van der Waals surface area contributed by atoms with Crippen molar-refractivity contribution in [3.8, 4) is 34.5 Å². The Balaban J connectivity index is 1.10. The summed E-state index contributed by atoms with van der Waals surface area (Å²) in [6.45, 7) is 1.70. The van der Waals surface area contributed by atoms with E-state index in [4.69, 9.17) is 9.47 Å². The lowest BCUT2D eigenvalue weighted by molar-refractivity contribution is -0.120. The van der Waals surface area contributed by atoms with Crippen molar-refractivity contribution in [1.82, 2.24) is 15.4 Å². The number of allylic oxidation sites excluding steroid dienone is 1. The number of amides is 3. The molecule has 19 nitrogen and oxygen atoms in total. The molecule has 0 spiro atoms. The van der Waals surface area contributed by atoms with Crippen molar-refractivity contribution in [3.05, 3.63) is 142 Å². The number of carboxylic acids is 1. The molecule has 3 amide bonds. The highest BCUT2D eigenvalue weighted by atomic mass is 16.5. The van der Waals surface area contributed by atoms with Crippen molar-refractivity contribution < 1.29 is 63.8 Å². The van der Waals surface area contributed by atoms with Crippen LogP contribution in [0.2, 0.25) is 0 Å². The fraction of sp³-hybridized carbons (Fsp3) is 0.149. The number of carbonyl (C=O) groups is 6. The molecule has 0 unspecified atom stereocenters. The Morgan fingerprint density at radius 1 is 0.712 bits per heavy atom. The monoisotopic (exact) mass is 898 g/mol. The lowest BCUT2D eigenvalue weighted by Gasteiger charge is -2.17. The van der Waals surface area contributed by atoms with E-state index in [-0.39, 0.29) is 76.3 Å². The average Bonchev–Trinajstić information content (AvgIpc) is 3.81. The molecule has 66 heavy (non-hydrogen) atoms. The number of phenols is 4. The third kappa shape index (κ3) is 11.0. The number of carboxylic acid groups (broad SMARTS) is 1. The molecule has 6 aromatic rings. The number of hydrogen-bond acceptors (Lipinski definition) is 14. The summed E-state index contributed by atoms with van der Waals surface area (Å²) in [4.78, 5) is 78.1. The van der Waals surface area contributed by atoms with Crippen LogP contribution in [0.4, 0.5) is 17.1 Å². The number of benzene rings is 5. The van der Waals surface area contributed by atoms with Crippen molar-refractivity contribution in [3.63, 3.8) is 0 Å². The number of Topliss-reactive ketones (excluding diaryl/α,β-unsaturated/α-hetero) is 2. The number of aromatic amines is 1. The van der Waals surface area contributed by atoms with Gasteiger partial charge in [0, 0.05) is 30.4 Å². The highest BCUT2D eigenvalue weighted by molar-refractivity contribution is 6.11. The van der Waals surface area contributed by atoms with Crippen LogP contribution in [-0.2, 0) is 22.4 Å². The van der Waals surface area contributed by atoms with Crippen molar-refractivity contribution in [2.24, 2.45) is 5.92 Å². The summed E-state index contributed by atoms with van der Waals surface area (Å²) < 4.78 is 10.4. The number of ether oxygens (including phenoxy) is 2. The second-order valence-corrected chi connectivity index (χ2v) is 14.7. The number of ketones is 2. The SMILES string of the molecule is COc1c(NC(=O)c2ccc(NC(=O)c3ccc(NC(=O)[C@@H](CC(=O)c4ccc(CC(=O)/C(C)=C/c5ccc(O)cc5)cc4)Cc4cn[nH]n4)c(O)c3)c(OC)c2O)ccc(C(=O)O)c1O. The van der Waals surface area contributed by atoms with E-state index in [0.29, 0.717) is 22.4 Å². The number of aromatic hydroxyl groups is 4. The zero-order chi connectivity index (χ0) is 47.7. The minimum absolute atomic E-state index is 0.00134. The maximum absolute atomic E-state index is 13.7. The van der Waals surface area contributed by atoms with E-state index in [1.807, 2.05) is 0 Å². The third-order valence-electron chi connectivity index (χ3n) is 10.2. The summed E-state index contributed by atoms with van der Waals surface area (Å²) in [5.41, 5.74) is 1.48. The first kappa shape index (κ1) is 46.5. The van der Waals surface area contributed by atoms with Crippen molar-refractivity contribution in [2.75, 3.05) is 30.2 Å². The van der Waals surface area contributed by atoms with E-state index >= 15 is 0 Å². The number of carbonyl (C=O) groups excluding carboxylic acids is 5. The molecule has 0 bridgehead atoms. The highest BCUT2D eigenvalue weighted by Crippen LogP contribution is 2.41. The van der Waals surface area contributed by atoms with Gasteiger partial charge in [-0.05, 0) is 84.3 Å². The molecule has 0 aliphatic rings. The molecule has 0 radical (unpaired) electrons. The van der Waals surface area contributed by atoms with Crippen molar-refractivity contribution in [1.29, 1.82) is 0 Å². The molecule has 1 aromatic heterocycles. The van der Waals surface area contributed by atoms with Crippen LogP contribution >= 0.6 is 0 Å². The van der Waals surface area contributed by atoms with Gasteiger partial charge in [-0.1, -0.05) is 36.4 Å². The molecule has 0 fully saturated rings. The maximum Gasteiger partial charge on any atom is 0.339 e. The number of methoxy groups -OCH3 is 2. The second-order valence-electron chi connectivity index (χ2n) is 14.7. The number of nitrogens with one attached hydrogen (secondary N) is 4. The molecule has 338 valence electrons. The van der Waals surface area contributed by atoms with Crippen LogP contribution in [-0.4, -0.2) is 90.4 Å². The van der Waals surface area contributed by atoms with Gasteiger partial charge in [-0.2, -0.15) is 15.4 Å². The van der Waals surface area contributed by atoms with Crippen molar-refractivity contribution >= 4 is 58.4 Å². The molecule has 6 rings (SSSR count). The summed E-state index contributed by atoms with van der Waals surface area (Å²) in [7, 11) is 2.33. The lowest BCUT2D eigenvalue weighted by atomic mass is 9.92. The van der Waals surface area contributed by atoms with Gasteiger partial charge >= 0.3 is 5.97 Å². The average molecular weight is 899 g/mol. The Bertz CT molecular complexity index is 2860. The molecular formula is C47H42N6O13. The van der Waals surface area contributed by atoms with Crippen LogP contribution in [0, 0.1) is 5.92 Å². The van der Waals surface area contributed by atoms with Crippen LogP contribution in [0.1, 0.15) is 71.6 Å². The van der Waals surface area contributed by atoms with Gasteiger partial charge in [0.2, 0.25) is 5.91 Å². The largest absolute Gasteiger partial charge is 0.508 e. The third-order valence-corrected chi connectivity index (χ3v) is 10.2. The van der Waals surface area contributed by atoms with Gasteiger partial charge in [-0.3, -0.25) is 24.0 Å². The lowest BCUT2D eigenvalue weighted by Crippen LogP contribution is -2.27. The summed E-state index contributed by atoms with van der Waals surface area (Å²) in [6, 6.07) is 21.2. The number of aromatic carboxylic acids is 1. The topological polar surface area (TPSA) is 300 Å². The fourth-order valence-corrected chi connectivity index (χ4v) is 6.72. The summed E-state index contributed by atoms with van der Waals surface area (Å²) in [5, 5.41) is 68.8. The van der Waals surface area contributed by atoms with E-state index < -0.39 is 52.4 Å². The molecule has 0 saturated carbocycles. The van der Waals surface area contributed by atoms with Crippen molar-refractivity contribution in [2.45, 2.75) is 26.2 Å². The molecule has 1 atom stereocenters. The quantitative estimate of drug-likeness (QED) is 0.0266. The molecule has 1 heterocycles. The zero-order valence-electron chi connectivity index (χ0n) is 35.4. The Labute approximate surface area is 375 Å². The Morgan fingerprint density at radius 2 is 1.30 bits per heavy atom. The molecule has 19 heteroatoms.